The highest BCUT2D eigenvalue weighted by Gasteiger charge is 2.42. The highest BCUT2D eigenvalue weighted by Crippen LogP contribution is 2.33. The lowest BCUT2D eigenvalue weighted by Crippen LogP contribution is -2.45. The minimum Gasteiger partial charge on any atom is -0.457 e. The van der Waals surface area contributed by atoms with Gasteiger partial charge in [-0.3, -0.25) is 9.59 Å². The minimum atomic E-state index is -1.28. The van der Waals surface area contributed by atoms with Gasteiger partial charge in [0, 0.05) is 17.7 Å². The molecule has 1 aromatic heterocycles. The van der Waals surface area contributed by atoms with Crippen LogP contribution in [0, 0.1) is 24.2 Å². The molecule has 1 aromatic rings. The van der Waals surface area contributed by atoms with Crippen molar-refractivity contribution in [2.45, 2.75) is 98.6 Å². The van der Waals surface area contributed by atoms with E-state index in [-0.39, 0.29) is 31.0 Å². The molecule has 196 valence electrons. The first-order valence-electron chi connectivity index (χ1n) is 12.2. The summed E-state index contributed by atoms with van der Waals surface area (Å²) in [5.41, 5.74) is 0.765. The molecule has 8 heteroatoms. The fourth-order valence-corrected chi connectivity index (χ4v) is 4.92. The zero-order chi connectivity index (χ0) is 26.5. The molecule has 0 aliphatic carbocycles. The number of carbonyl (C=O) groups is 2. The van der Waals surface area contributed by atoms with E-state index in [0.717, 1.165) is 16.3 Å². The number of alkyl halides is 1. The number of aryl methyl sites for hydroxylation is 1. The maximum absolute atomic E-state index is 14.9. The molecule has 6 nitrogen and oxygen atoms in total. The minimum absolute atomic E-state index is 0.213. The summed E-state index contributed by atoms with van der Waals surface area (Å²) in [6.07, 6.45) is -0.0115. The van der Waals surface area contributed by atoms with Crippen LogP contribution in [0.4, 0.5) is 4.39 Å². The van der Waals surface area contributed by atoms with Crippen LogP contribution in [0.25, 0.3) is 6.08 Å². The number of rotatable bonds is 2. The third kappa shape index (κ3) is 7.79. The van der Waals surface area contributed by atoms with Gasteiger partial charge in [0.05, 0.1) is 34.7 Å². The van der Waals surface area contributed by atoms with E-state index < -0.39 is 41.8 Å². The van der Waals surface area contributed by atoms with Crippen LogP contribution >= 0.6 is 11.3 Å². The lowest BCUT2D eigenvalue weighted by Gasteiger charge is -2.34. The van der Waals surface area contributed by atoms with Crippen LogP contribution in [0.5, 0.6) is 0 Å². The molecule has 0 bridgehead atoms. The van der Waals surface area contributed by atoms with Gasteiger partial charge in [0.15, 0.2) is 0 Å². The monoisotopic (exact) mass is 509 g/mol. The van der Waals surface area contributed by atoms with Gasteiger partial charge in [-0.25, -0.2) is 9.37 Å². The van der Waals surface area contributed by atoms with Crippen LogP contribution < -0.4 is 0 Å². The number of hydrogen-bond donors (Lipinski definition) is 2. The smallest absolute Gasteiger partial charge is 0.309 e. The summed E-state index contributed by atoms with van der Waals surface area (Å²) in [7, 11) is 0. The topological polar surface area (TPSA) is 96.7 Å². The van der Waals surface area contributed by atoms with E-state index in [0.29, 0.717) is 12.0 Å². The van der Waals surface area contributed by atoms with Gasteiger partial charge in [0.2, 0.25) is 0 Å². The summed E-state index contributed by atoms with van der Waals surface area (Å²) >= 11 is 1.51. The molecule has 2 heterocycles. The van der Waals surface area contributed by atoms with Gasteiger partial charge in [-0.05, 0) is 56.8 Å². The normalized spacial score (nSPS) is 33.7. The molecule has 35 heavy (non-hydrogen) atoms. The number of halogens is 1. The number of cyclic esters (lactones) is 1. The molecule has 0 aromatic carbocycles. The van der Waals surface area contributed by atoms with Crippen LogP contribution in [-0.2, 0) is 14.3 Å². The number of allylic oxidation sites excluding steroid dienone is 1. The second kappa shape index (κ2) is 12.4. The first-order chi connectivity index (χ1) is 16.2. The lowest BCUT2D eigenvalue weighted by molar-refractivity contribution is -0.154. The van der Waals surface area contributed by atoms with Crippen LogP contribution in [0.15, 0.2) is 22.6 Å². The van der Waals surface area contributed by atoms with E-state index in [2.05, 4.69) is 4.98 Å². The zero-order valence-corrected chi connectivity index (χ0v) is 22.7. The van der Waals surface area contributed by atoms with E-state index >= 15 is 0 Å². The Morgan fingerprint density at radius 3 is 2.49 bits per heavy atom. The Kier molecular flexibility index (Phi) is 10.4. The van der Waals surface area contributed by atoms with Gasteiger partial charge in [-0.2, -0.15) is 0 Å². The van der Waals surface area contributed by atoms with E-state index in [1.807, 2.05) is 25.3 Å². The van der Waals surface area contributed by atoms with Crippen molar-refractivity contribution in [2.75, 3.05) is 0 Å². The number of nitrogens with zero attached hydrogens (tertiary/aromatic N) is 1. The van der Waals surface area contributed by atoms with Gasteiger partial charge in [-0.15, -0.1) is 11.3 Å². The average molecular weight is 510 g/mol. The van der Waals surface area contributed by atoms with Crippen LogP contribution in [0.2, 0.25) is 0 Å². The number of Topliss-reactive ketones (excluding diaryl/α,β-unsaturated/α-hetero) is 1. The molecule has 1 aliphatic rings. The lowest BCUT2D eigenvalue weighted by atomic mass is 9.73. The first kappa shape index (κ1) is 29.3. The molecule has 2 rings (SSSR count). The molecular weight excluding hydrogens is 469 g/mol. The second-order valence-corrected chi connectivity index (χ2v) is 11.5. The van der Waals surface area contributed by atoms with Crippen LogP contribution in [0.1, 0.15) is 77.9 Å². The predicted octanol–water partition coefficient (Wildman–Crippen LogP) is 5.21. The molecule has 6 atom stereocenters. The summed E-state index contributed by atoms with van der Waals surface area (Å²) < 4.78 is 20.6. The van der Waals surface area contributed by atoms with E-state index in [1.165, 1.54) is 11.3 Å². The number of thiazole rings is 1. The highest BCUT2D eigenvalue weighted by atomic mass is 32.1. The van der Waals surface area contributed by atoms with Gasteiger partial charge < -0.3 is 14.9 Å². The van der Waals surface area contributed by atoms with Crippen molar-refractivity contribution in [3.63, 3.8) is 0 Å². The van der Waals surface area contributed by atoms with Gasteiger partial charge in [0.25, 0.3) is 0 Å². The number of esters is 1. The van der Waals surface area contributed by atoms with Crippen molar-refractivity contribution in [3.8, 4) is 0 Å². The fourth-order valence-electron chi connectivity index (χ4n) is 4.35. The maximum Gasteiger partial charge on any atom is 0.309 e. The Morgan fingerprint density at radius 1 is 1.23 bits per heavy atom. The van der Waals surface area contributed by atoms with Gasteiger partial charge in [0.1, 0.15) is 18.1 Å². The molecule has 2 N–H and O–H groups in total. The van der Waals surface area contributed by atoms with E-state index in [1.54, 1.807) is 40.7 Å². The number of ketones is 1. The first-order valence-corrected chi connectivity index (χ1v) is 13.1. The SMILES string of the molecule is C/C1=C/C[C@@H](/C(C)=C/c2csc(C)n2)OC(=O)C[C@H](O)C(C)(C)C(=O)[C@H](C)C(O)[C@@H](C)CC[C@H]1F. The Bertz CT molecular complexity index is 953. The van der Waals surface area contributed by atoms with Crippen molar-refractivity contribution in [1.29, 1.82) is 0 Å². The fraction of sp³-hybridized carbons (Fsp3) is 0.667. The molecule has 0 fully saturated rings. The zero-order valence-electron chi connectivity index (χ0n) is 21.9. The van der Waals surface area contributed by atoms with Gasteiger partial charge >= 0.3 is 5.97 Å². The molecule has 0 saturated carbocycles. The summed E-state index contributed by atoms with van der Waals surface area (Å²) in [4.78, 5) is 30.4. The number of aliphatic hydroxyl groups is 2. The summed E-state index contributed by atoms with van der Waals surface area (Å²) in [6, 6.07) is 0. The second-order valence-electron chi connectivity index (χ2n) is 10.4. The van der Waals surface area contributed by atoms with Crippen LogP contribution in [-0.4, -0.2) is 51.4 Å². The Labute approximate surface area is 212 Å². The molecule has 0 radical (unpaired) electrons. The Morgan fingerprint density at radius 2 is 1.89 bits per heavy atom. The van der Waals surface area contributed by atoms with Crippen molar-refractivity contribution >= 4 is 29.2 Å². The Hall–Kier alpha value is -1.90. The number of aliphatic hydroxyl groups excluding tert-OH is 2. The quantitative estimate of drug-likeness (QED) is 0.419. The largest absolute Gasteiger partial charge is 0.457 e. The molecular formula is C27H40FNO5S. The standard InChI is InChI=1S/C27H40FNO5S/c1-15-9-11-22(17(3)12-20-14-35-19(5)29-20)34-24(31)13-23(30)27(6,7)26(33)18(4)25(32)16(2)8-10-21(15)28/h9,12,14,16,18,21-23,25,30,32H,8,10-11,13H2,1-7H3/b15-9-,17-12+/t16-,18+,21+,22-,23-,25?/m0/s1. The highest BCUT2D eigenvalue weighted by molar-refractivity contribution is 7.09. The van der Waals surface area contributed by atoms with Crippen molar-refractivity contribution < 1.29 is 28.9 Å². The molecule has 1 aliphatic heterocycles. The van der Waals surface area contributed by atoms with Gasteiger partial charge in [-0.1, -0.05) is 33.8 Å². The summed E-state index contributed by atoms with van der Waals surface area (Å²) in [6.45, 7) is 12.0. The molecule has 0 amide bonds. The Balaban J connectivity index is 2.38. The van der Waals surface area contributed by atoms with Crippen molar-refractivity contribution in [3.05, 3.63) is 33.3 Å². The van der Waals surface area contributed by atoms with E-state index in [4.69, 9.17) is 4.74 Å². The van der Waals surface area contributed by atoms with E-state index in [9.17, 15) is 24.2 Å². The van der Waals surface area contributed by atoms with Crippen molar-refractivity contribution in [2.24, 2.45) is 17.3 Å². The summed E-state index contributed by atoms with van der Waals surface area (Å²) in [5.74, 6) is -2.07. The number of aromatic nitrogens is 1. The maximum atomic E-state index is 14.9. The third-order valence-electron chi connectivity index (χ3n) is 7.15. The average Bonchev–Trinajstić information content (AvgIpc) is 3.21. The predicted molar refractivity (Wildman–Crippen MR) is 137 cm³/mol. The third-order valence-corrected chi connectivity index (χ3v) is 7.95. The van der Waals surface area contributed by atoms with Crippen LogP contribution in [0.3, 0.4) is 0 Å². The molecule has 0 saturated heterocycles. The van der Waals surface area contributed by atoms with Crippen molar-refractivity contribution in [1.82, 2.24) is 4.98 Å². The molecule has 0 spiro atoms. The molecule has 1 unspecified atom stereocenters. The number of ether oxygens (including phenoxy) is 1. The number of hydrogen-bond acceptors (Lipinski definition) is 7. The summed E-state index contributed by atoms with van der Waals surface area (Å²) in [5, 5.41) is 24.4. The number of carbonyl (C=O) groups excluding carboxylic acids is 2.